The molecule has 1 spiro atoms. The molecule has 2 fully saturated rings. The van der Waals surface area contributed by atoms with E-state index in [0.29, 0.717) is 24.3 Å². The minimum Gasteiger partial charge on any atom is -0.415 e. The Kier molecular flexibility index (Phi) is 6.09. The van der Waals surface area contributed by atoms with Crippen LogP contribution in [-0.4, -0.2) is 49.1 Å². The summed E-state index contributed by atoms with van der Waals surface area (Å²) in [6.45, 7) is 3.02. The molecule has 2 aliphatic rings. The molecule has 1 aromatic heterocycles. The van der Waals surface area contributed by atoms with Crippen LogP contribution in [0.4, 0.5) is 14.5 Å². The number of nitrogens with one attached hydrogen (secondary N) is 1. The highest BCUT2D eigenvalue weighted by molar-refractivity contribution is 7.90. The molecule has 2 saturated heterocycles. The summed E-state index contributed by atoms with van der Waals surface area (Å²) < 4.78 is 60.8. The molecule has 0 atom stereocenters. The van der Waals surface area contributed by atoms with Crippen molar-refractivity contribution in [1.82, 2.24) is 19.8 Å². The van der Waals surface area contributed by atoms with E-state index in [2.05, 4.69) is 15.5 Å². The zero-order chi connectivity index (χ0) is 23.8. The Hall–Kier alpha value is -2.89. The summed E-state index contributed by atoms with van der Waals surface area (Å²) in [6, 6.07) is 15.8. The molecule has 0 bridgehead atoms. The largest absolute Gasteiger partial charge is 0.415 e. The number of aromatic nitrogens is 2. The van der Waals surface area contributed by atoms with Gasteiger partial charge in [-0.25, -0.2) is 0 Å². The van der Waals surface area contributed by atoms with Crippen molar-refractivity contribution in [2.75, 3.05) is 30.5 Å². The van der Waals surface area contributed by atoms with E-state index in [1.165, 1.54) is 4.31 Å². The number of alkyl halides is 2. The molecular formula is C23H25F2N5O3S. The normalized spacial score (nSPS) is 18.2. The lowest BCUT2D eigenvalue weighted by Gasteiger charge is -2.48. The monoisotopic (exact) mass is 489 g/mol. The van der Waals surface area contributed by atoms with Crippen LogP contribution in [-0.2, 0) is 16.8 Å². The first-order chi connectivity index (χ1) is 16.4. The molecule has 1 N–H and O–H groups in total. The Morgan fingerprint density at radius 2 is 1.71 bits per heavy atom. The first-order valence-electron chi connectivity index (χ1n) is 11.1. The average Bonchev–Trinajstić information content (AvgIpc) is 3.33. The molecule has 8 nitrogen and oxygen atoms in total. The number of benzene rings is 2. The van der Waals surface area contributed by atoms with Gasteiger partial charge in [0.1, 0.15) is 0 Å². The van der Waals surface area contributed by atoms with Crippen molar-refractivity contribution in [2.45, 2.75) is 25.8 Å². The Bertz CT molecular complexity index is 1220. The molecule has 2 aromatic carbocycles. The summed E-state index contributed by atoms with van der Waals surface area (Å²) in [5.74, 6) is -0.747. The van der Waals surface area contributed by atoms with Crippen molar-refractivity contribution in [3.8, 4) is 11.5 Å². The molecule has 11 heteroatoms. The van der Waals surface area contributed by atoms with E-state index in [-0.39, 0.29) is 17.9 Å². The quantitative estimate of drug-likeness (QED) is 0.545. The smallest absolute Gasteiger partial charge is 0.314 e. The number of para-hydroxylation sites is 1. The number of hydrogen-bond acceptors (Lipinski definition) is 6. The van der Waals surface area contributed by atoms with Crippen LogP contribution in [0.1, 0.15) is 30.7 Å². The van der Waals surface area contributed by atoms with Crippen molar-refractivity contribution in [1.29, 1.82) is 0 Å². The van der Waals surface area contributed by atoms with Crippen LogP contribution in [0.25, 0.3) is 11.5 Å². The van der Waals surface area contributed by atoms with Gasteiger partial charge in [-0.2, -0.15) is 21.5 Å². The number of halogens is 2. The molecule has 3 aromatic rings. The van der Waals surface area contributed by atoms with Gasteiger partial charge >= 0.3 is 16.6 Å². The molecule has 0 unspecified atom stereocenters. The zero-order valence-corrected chi connectivity index (χ0v) is 19.2. The second kappa shape index (κ2) is 9.05. The summed E-state index contributed by atoms with van der Waals surface area (Å²) in [5.41, 5.74) is 2.03. The molecule has 2 aliphatic heterocycles. The standard InChI is InChI=1S/C23H25F2N5O3S/c24-20(25)22-28-27-21(33-22)18-8-6-17(7-9-18)14-30(19-4-2-1-3-5-19)34(31,32)29-12-10-23(11-13-29)15-26-16-23/h1-9,20,26H,10-16H2. The van der Waals surface area contributed by atoms with Crippen LogP contribution >= 0.6 is 0 Å². The first-order valence-corrected chi connectivity index (χ1v) is 12.5. The molecule has 0 amide bonds. The van der Waals surface area contributed by atoms with Crippen LogP contribution in [0.2, 0.25) is 0 Å². The average molecular weight is 490 g/mol. The van der Waals surface area contributed by atoms with Crippen molar-refractivity contribution in [3.63, 3.8) is 0 Å². The third-order valence-corrected chi connectivity index (χ3v) is 8.50. The fourth-order valence-corrected chi connectivity index (χ4v) is 6.04. The Morgan fingerprint density at radius 3 is 2.26 bits per heavy atom. The van der Waals surface area contributed by atoms with E-state index in [0.717, 1.165) is 31.5 Å². The van der Waals surface area contributed by atoms with Gasteiger partial charge in [0.25, 0.3) is 5.89 Å². The van der Waals surface area contributed by atoms with Gasteiger partial charge < -0.3 is 9.73 Å². The second-order valence-electron chi connectivity index (χ2n) is 8.80. The maximum atomic E-state index is 13.7. The van der Waals surface area contributed by atoms with Gasteiger partial charge in [0, 0.05) is 31.7 Å². The molecule has 0 aliphatic carbocycles. The van der Waals surface area contributed by atoms with E-state index in [1.54, 1.807) is 40.7 Å². The summed E-state index contributed by atoms with van der Waals surface area (Å²) in [7, 11) is -3.76. The Morgan fingerprint density at radius 1 is 1.03 bits per heavy atom. The second-order valence-corrected chi connectivity index (χ2v) is 10.6. The highest BCUT2D eigenvalue weighted by Crippen LogP contribution is 2.37. The topological polar surface area (TPSA) is 91.6 Å². The third-order valence-electron chi connectivity index (χ3n) is 6.59. The lowest BCUT2D eigenvalue weighted by molar-refractivity contribution is 0.0869. The summed E-state index contributed by atoms with van der Waals surface area (Å²) in [4.78, 5) is 0. The maximum Gasteiger partial charge on any atom is 0.314 e. The summed E-state index contributed by atoms with van der Waals surface area (Å²) in [6.07, 6.45) is -1.14. The van der Waals surface area contributed by atoms with E-state index in [4.69, 9.17) is 4.42 Å². The SMILES string of the molecule is O=S(=O)(N1CCC2(CC1)CNC2)N(Cc1ccc(-c2nnc(C(F)F)o2)cc1)c1ccccc1. The highest BCUT2D eigenvalue weighted by Gasteiger charge is 2.43. The fraction of sp³-hybridized carbons (Fsp3) is 0.391. The highest BCUT2D eigenvalue weighted by atomic mass is 32.2. The third kappa shape index (κ3) is 4.42. The van der Waals surface area contributed by atoms with Gasteiger partial charge in [-0.15, -0.1) is 10.2 Å². The maximum absolute atomic E-state index is 13.7. The molecule has 3 heterocycles. The zero-order valence-electron chi connectivity index (χ0n) is 18.4. The lowest BCUT2D eigenvalue weighted by atomic mass is 9.74. The van der Waals surface area contributed by atoms with Crippen molar-refractivity contribution in [3.05, 3.63) is 66.1 Å². The van der Waals surface area contributed by atoms with Crippen LogP contribution in [0.5, 0.6) is 0 Å². The molecule has 0 radical (unpaired) electrons. The van der Waals surface area contributed by atoms with Crippen molar-refractivity contribution >= 4 is 15.9 Å². The Labute approximate surface area is 196 Å². The minimum absolute atomic E-state index is 0.0119. The van der Waals surface area contributed by atoms with Crippen LogP contribution < -0.4 is 9.62 Å². The van der Waals surface area contributed by atoms with E-state index in [1.807, 2.05) is 18.2 Å². The minimum atomic E-state index is -3.76. The van der Waals surface area contributed by atoms with Crippen LogP contribution in [0, 0.1) is 5.41 Å². The fourth-order valence-electron chi connectivity index (χ4n) is 4.42. The van der Waals surface area contributed by atoms with Crippen LogP contribution in [0.3, 0.4) is 0 Å². The molecule has 34 heavy (non-hydrogen) atoms. The number of rotatable bonds is 7. The summed E-state index contributed by atoms with van der Waals surface area (Å²) >= 11 is 0. The van der Waals surface area contributed by atoms with Gasteiger partial charge in [0.15, 0.2) is 0 Å². The first kappa shape index (κ1) is 22.9. The van der Waals surface area contributed by atoms with Gasteiger partial charge in [-0.1, -0.05) is 30.3 Å². The summed E-state index contributed by atoms with van der Waals surface area (Å²) in [5, 5.41) is 10.3. The van der Waals surface area contributed by atoms with E-state index >= 15 is 0 Å². The molecule has 5 rings (SSSR count). The van der Waals surface area contributed by atoms with Gasteiger partial charge in [0.05, 0.1) is 12.2 Å². The molecule has 0 saturated carbocycles. The molecule has 180 valence electrons. The van der Waals surface area contributed by atoms with Gasteiger partial charge in [-0.3, -0.25) is 4.31 Å². The predicted octanol–water partition coefficient (Wildman–Crippen LogP) is 3.61. The lowest BCUT2D eigenvalue weighted by Crippen LogP contribution is -2.59. The van der Waals surface area contributed by atoms with Crippen molar-refractivity contribution in [2.24, 2.45) is 5.41 Å². The van der Waals surface area contributed by atoms with Gasteiger partial charge in [0.2, 0.25) is 5.89 Å². The number of piperidine rings is 1. The number of anilines is 1. The number of hydrogen-bond donors (Lipinski definition) is 1. The number of nitrogens with zero attached hydrogens (tertiary/aromatic N) is 4. The van der Waals surface area contributed by atoms with E-state index < -0.39 is 22.5 Å². The van der Waals surface area contributed by atoms with E-state index in [9.17, 15) is 17.2 Å². The molecular weight excluding hydrogens is 464 g/mol. The van der Waals surface area contributed by atoms with Gasteiger partial charge in [-0.05, 0) is 48.1 Å². The predicted molar refractivity (Wildman–Crippen MR) is 122 cm³/mol. The Balaban J connectivity index is 1.37. The van der Waals surface area contributed by atoms with Crippen LogP contribution in [0.15, 0.2) is 59.0 Å². The van der Waals surface area contributed by atoms with Crippen molar-refractivity contribution < 1.29 is 21.6 Å².